The molecule has 2 amide bonds. The van der Waals surface area contributed by atoms with Crippen molar-refractivity contribution in [2.75, 3.05) is 6.54 Å². The Hall–Kier alpha value is -1.63. The van der Waals surface area contributed by atoms with Crippen LogP contribution < -0.4 is 10.6 Å². The largest absolute Gasteiger partial charge is 0.350 e. The molecule has 0 aromatic heterocycles. The van der Waals surface area contributed by atoms with E-state index in [-0.39, 0.29) is 18.0 Å². The van der Waals surface area contributed by atoms with Gasteiger partial charge in [-0.05, 0) is 45.0 Å². The average molecular weight is 316 g/mol. The molecule has 2 N–H and O–H groups in total. The van der Waals surface area contributed by atoms with Crippen molar-refractivity contribution in [1.82, 2.24) is 10.6 Å². The molecule has 0 bridgehead atoms. The van der Waals surface area contributed by atoms with Gasteiger partial charge in [0, 0.05) is 16.0 Å². The van der Waals surface area contributed by atoms with Gasteiger partial charge in [-0.25, -0.2) is 0 Å². The third-order valence-electron chi connectivity index (χ3n) is 2.27. The van der Waals surface area contributed by atoms with E-state index in [1.54, 1.807) is 0 Å². The number of rotatable bonds is 5. The minimum Gasteiger partial charge on any atom is -0.350 e. The van der Waals surface area contributed by atoms with Gasteiger partial charge in [-0.15, -0.1) is 0 Å². The first-order chi connectivity index (χ1) is 9.67. The molecule has 0 fully saturated rings. The van der Waals surface area contributed by atoms with Gasteiger partial charge in [0.05, 0.1) is 6.54 Å². The van der Waals surface area contributed by atoms with Gasteiger partial charge in [0.1, 0.15) is 0 Å². The van der Waals surface area contributed by atoms with Crippen LogP contribution in [-0.2, 0) is 4.79 Å². The van der Waals surface area contributed by atoms with Crippen molar-refractivity contribution in [3.8, 4) is 0 Å². The molecule has 0 saturated heterocycles. The van der Waals surface area contributed by atoms with E-state index in [1.165, 1.54) is 24.3 Å². The van der Waals surface area contributed by atoms with Crippen LogP contribution in [0.2, 0.25) is 0 Å². The Morgan fingerprint density at radius 2 is 1.76 bits per heavy atom. The second-order valence-corrected chi connectivity index (χ2v) is 6.45. The predicted molar refractivity (Wildman–Crippen MR) is 78.5 cm³/mol. The normalized spacial score (nSPS) is 11.3. The van der Waals surface area contributed by atoms with Crippen LogP contribution in [0.5, 0.6) is 0 Å². The molecule has 4 nitrogen and oxygen atoms in total. The van der Waals surface area contributed by atoms with Gasteiger partial charge >= 0.3 is 0 Å². The van der Waals surface area contributed by atoms with Gasteiger partial charge < -0.3 is 10.6 Å². The molecule has 7 heteroatoms. The van der Waals surface area contributed by atoms with E-state index in [2.05, 4.69) is 10.6 Å². The van der Waals surface area contributed by atoms with Gasteiger partial charge in [0.25, 0.3) is 11.7 Å². The molecular weight excluding hydrogens is 298 g/mol. The van der Waals surface area contributed by atoms with Crippen molar-refractivity contribution in [1.29, 1.82) is 0 Å². The number of alkyl halides is 2. The maximum absolute atomic E-state index is 12.2. The molecule has 0 aliphatic heterocycles. The maximum Gasteiger partial charge on any atom is 0.288 e. The van der Waals surface area contributed by atoms with Gasteiger partial charge in [-0.3, -0.25) is 9.59 Å². The first-order valence-corrected chi connectivity index (χ1v) is 7.19. The van der Waals surface area contributed by atoms with E-state index < -0.39 is 11.7 Å². The summed E-state index contributed by atoms with van der Waals surface area (Å²) in [6, 6.07) is 5.78. The molecule has 0 spiro atoms. The fraction of sp³-hybridized carbons (Fsp3) is 0.429. The molecule has 0 aliphatic rings. The Morgan fingerprint density at radius 1 is 1.19 bits per heavy atom. The first kappa shape index (κ1) is 17.4. The quantitative estimate of drug-likeness (QED) is 0.821. The van der Waals surface area contributed by atoms with Gasteiger partial charge in [-0.2, -0.15) is 8.78 Å². The lowest BCUT2D eigenvalue weighted by atomic mass is 10.1. The van der Waals surface area contributed by atoms with Crippen molar-refractivity contribution in [3.05, 3.63) is 29.8 Å². The molecule has 0 unspecified atom stereocenters. The zero-order chi connectivity index (χ0) is 16.0. The summed E-state index contributed by atoms with van der Waals surface area (Å²) < 4.78 is 24.3. The van der Waals surface area contributed by atoms with Crippen molar-refractivity contribution in [3.63, 3.8) is 0 Å². The fourth-order valence-corrected chi connectivity index (χ4v) is 2.01. The van der Waals surface area contributed by atoms with Gasteiger partial charge in [-0.1, -0.05) is 11.8 Å². The second kappa shape index (κ2) is 7.40. The number of amides is 2. The van der Waals surface area contributed by atoms with E-state index in [9.17, 15) is 18.4 Å². The van der Waals surface area contributed by atoms with E-state index in [0.717, 1.165) is 0 Å². The highest BCUT2D eigenvalue weighted by molar-refractivity contribution is 7.99. The fourth-order valence-electron chi connectivity index (χ4n) is 1.51. The summed E-state index contributed by atoms with van der Waals surface area (Å²) in [5.74, 6) is -3.21. The third kappa shape index (κ3) is 7.08. The van der Waals surface area contributed by atoms with Crippen LogP contribution in [0.1, 0.15) is 31.1 Å². The lowest BCUT2D eigenvalue weighted by molar-refractivity contribution is -0.121. The summed E-state index contributed by atoms with van der Waals surface area (Å²) in [6.07, 6.45) is 0. The Kier molecular flexibility index (Phi) is 6.14. The summed E-state index contributed by atoms with van der Waals surface area (Å²) in [4.78, 5) is 23.7. The van der Waals surface area contributed by atoms with Crippen molar-refractivity contribution < 1.29 is 18.4 Å². The number of carbonyl (C=O) groups is 2. The Morgan fingerprint density at radius 3 is 2.24 bits per heavy atom. The van der Waals surface area contributed by atoms with Crippen molar-refractivity contribution >= 4 is 23.6 Å². The average Bonchev–Trinajstić information content (AvgIpc) is 2.34. The lowest BCUT2D eigenvalue weighted by Crippen LogP contribution is -2.45. The van der Waals surface area contributed by atoms with Crippen molar-refractivity contribution in [2.24, 2.45) is 0 Å². The summed E-state index contributed by atoms with van der Waals surface area (Å²) in [5.41, 5.74) is -0.0483. The van der Waals surface area contributed by atoms with Gasteiger partial charge in [0.2, 0.25) is 5.91 Å². The first-order valence-electron chi connectivity index (χ1n) is 6.31. The highest BCUT2D eigenvalue weighted by Gasteiger charge is 2.14. The molecule has 1 aromatic rings. The molecule has 21 heavy (non-hydrogen) atoms. The molecule has 116 valence electrons. The third-order valence-corrected chi connectivity index (χ3v) is 2.99. The minimum absolute atomic E-state index is 0.135. The SMILES string of the molecule is CC(C)(C)NC(=O)CNC(=O)c1ccc(SC(F)F)cc1. The van der Waals surface area contributed by atoms with E-state index in [4.69, 9.17) is 0 Å². The van der Waals surface area contributed by atoms with Crippen LogP contribution in [-0.4, -0.2) is 29.7 Å². The van der Waals surface area contributed by atoms with E-state index >= 15 is 0 Å². The van der Waals surface area contributed by atoms with Crippen LogP contribution in [0, 0.1) is 0 Å². The number of thioether (sulfide) groups is 1. The summed E-state index contributed by atoms with van der Waals surface area (Å²) in [5, 5.41) is 5.19. The molecule has 0 aliphatic carbocycles. The highest BCUT2D eigenvalue weighted by atomic mass is 32.2. The standard InChI is InChI=1S/C14H18F2N2O2S/c1-14(2,3)18-11(19)8-17-12(20)9-4-6-10(7-5-9)21-13(15)16/h4-7,13H,8H2,1-3H3,(H,17,20)(H,18,19). The smallest absolute Gasteiger partial charge is 0.288 e. The minimum atomic E-state index is -2.49. The van der Waals surface area contributed by atoms with Crippen LogP contribution in [0.3, 0.4) is 0 Å². The number of carbonyl (C=O) groups excluding carboxylic acids is 2. The Balaban J connectivity index is 2.50. The summed E-state index contributed by atoms with van der Waals surface area (Å²) in [7, 11) is 0. The molecule has 1 rings (SSSR count). The molecule has 0 heterocycles. The zero-order valence-corrected chi connectivity index (χ0v) is 12.9. The molecular formula is C14H18F2N2O2S. The highest BCUT2D eigenvalue weighted by Crippen LogP contribution is 2.25. The number of benzene rings is 1. The Labute approximate surface area is 126 Å². The number of hydrogen-bond acceptors (Lipinski definition) is 3. The number of nitrogens with one attached hydrogen (secondary N) is 2. The maximum atomic E-state index is 12.2. The molecule has 0 saturated carbocycles. The Bertz CT molecular complexity index is 499. The topological polar surface area (TPSA) is 58.2 Å². The van der Waals surface area contributed by atoms with Gasteiger partial charge in [0.15, 0.2) is 0 Å². The zero-order valence-electron chi connectivity index (χ0n) is 12.1. The lowest BCUT2D eigenvalue weighted by Gasteiger charge is -2.20. The molecule has 0 atom stereocenters. The summed E-state index contributed by atoms with van der Waals surface area (Å²) >= 11 is 0.414. The monoisotopic (exact) mass is 316 g/mol. The second-order valence-electron chi connectivity index (χ2n) is 5.38. The predicted octanol–water partition coefficient (Wildman–Crippen LogP) is 2.65. The van der Waals surface area contributed by atoms with Crippen molar-refractivity contribution in [2.45, 2.75) is 37.0 Å². The van der Waals surface area contributed by atoms with Crippen LogP contribution in [0.15, 0.2) is 29.2 Å². The van der Waals surface area contributed by atoms with E-state index in [0.29, 0.717) is 22.2 Å². The molecule has 1 aromatic carbocycles. The van der Waals surface area contributed by atoms with Crippen LogP contribution >= 0.6 is 11.8 Å². The van der Waals surface area contributed by atoms with E-state index in [1.807, 2.05) is 20.8 Å². The van der Waals surface area contributed by atoms with Crippen LogP contribution in [0.4, 0.5) is 8.78 Å². The molecule has 0 radical (unpaired) electrons. The number of hydrogen-bond donors (Lipinski definition) is 2. The summed E-state index contributed by atoms with van der Waals surface area (Å²) in [6.45, 7) is 5.38. The number of halogens is 2. The van der Waals surface area contributed by atoms with Crippen LogP contribution in [0.25, 0.3) is 0 Å².